The van der Waals surface area contributed by atoms with Gasteiger partial charge in [-0.25, -0.2) is 9.82 Å². The molecule has 2 aromatic rings. The smallest absolute Gasteiger partial charge is 0.255 e. The molecule has 0 spiro atoms. The lowest BCUT2D eigenvalue weighted by Gasteiger charge is -2.34. The van der Waals surface area contributed by atoms with Gasteiger partial charge < -0.3 is 24.6 Å². The topological polar surface area (TPSA) is 78.1 Å². The molecule has 4 unspecified atom stereocenters. The first kappa shape index (κ1) is 26.1. The number of nitrogens with one attached hydrogen (secondary N) is 3. The Morgan fingerprint density at radius 2 is 1.86 bits per heavy atom. The minimum absolute atomic E-state index is 0.0793. The number of halogens is 1. The molecule has 1 saturated carbocycles. The van der Waals surface area contributed by atoms with Crippen LogP contribution in [0.2, 0.25) is 0 Å². The van der Waals surface area contributed by atoms with E-state index >= 15 is 0 Å². The van der Waals surface area contributed by atoms with Crippen LogP contribution in [-0.4, -0.2) is 75.6 Å². The summed E-state index contributed by atoms with van der Waals surface area (Å²) in [6.07, 6.45) is 2.60. The van der Waals surface area contributed by atoms with Gasteiger partial charge >= 0.3 is 0 Å². The molecule has 2 saturated heterocycles. The van der Waals surface area contributed by atoms with Crippen LogP contribution in [0, 0.1) is 11.7 Å². The fourth-order valence-electron chi connectivity index (χ4n) is 5.53. The van der Waals surface area contributed by atoms with Crippen molar-refractivity contribution >= 4 is 11.6 Å². The van der Waals surface area contributed by atoms with Crippen LogP contribution >= 0.6 is 0 Å². The molecule has 1 aliphatic carbocycles. The number of fused-ring (bicyclic) bond motifs is 1. The van der Waals surface area contributed by atoms with Gasteiger partial charge in [-0.15, -0.1) is 0 Å². The van der Waals surface area contributed by atoms with Crippen molar-refractivity contribution in [3.8, 4) is 0 Å². The number of piperazine rings is 1. The first-order chi connectivity index (χ1) is 18.1. The van der Waals surface area contributed by atoms with Gasteiger partial charge in [0.15, 0.2) is 0 Å². The summed E-state index contributed by atoms with van der Waals surface area (Å²) < 4.78 is 26.7. The van der Waals surface area contributed by atoms with Crippen molar-refractivity contribution in [2.45, 2.75) is 44.2 Å². The summed E-state index contributed by atoms with van der Waals surface area (Å²) in [7, 11) is 2.09. The molecule has 8 nitrogen and oxygen atoms in total. The summed E-state index contributed by atoms with van der Waals surface area (Å²) in [6, 6.07) is 15.2. The van der Waals surface area contributed by atoms with Crippen molar-refractivity contribution in [1.82, 2.24) is 21.1 Å². The molecule has 3 aliphatic rings. The van der Waals surface area contributed by atoms with Gasteiger partial charge in [0.2, 0.25) is 0 Å². The zero-order chi connectivity index (χ0) is 25.6. The number of carbonyl (C=O) groups is 1. The molecule has 9 heteroatoms. The molecule has 2 aliphatic heterocycles. The molecule has 2 heterocycles. The summed E-state index contributed by atoms with van der Waals surface area (Å²) in [5.41, 5.74) is 8.57. The Labute approximate surface area is 218 Å². The second kappa shape index (κ2) is 12.3. The number of amides is 1. The number of nitrogens with zero attached hydrogens (tertiary/aromatic N) is 2. The number of ether oxygens (including phenoxy) is 2. The summed E-state index contributed by atoms with van der Waals surface area (Å²) in [5, 5.41) is 3.00. The Morgan fingerprint density at radius 1 is 1.05 bits per heavy atom. The van der Waals surface area contributed by atoms with Crippen LogP contribution < -0.4 is 21.1 Å². The molecule has 0 bridgehead atoms. The van der Waals surface area contributed by atoms with E-state index in [2.05, 4.69) is 33.0 Å². The highest BCUT2D eigenvalue weighted by atomic mass is 19.1. The normalized spacial score (nSPS) is 26.2. The van der Waals surface area contributed by atoms with Crippen LogP contribution in [-0.2, 0) is 16.1 Å². The van der Waals surface area contributed by atoms with E-state index in [1.54, 1.807) is 6.07 Å². The van der Waals surface area contributed by atoms with E-state index in [0.717, 1.165) is 56.7 Å². The minimum atomic E-state index is -0.483. The monoisotopic (exact) mass is 511 g/mol. The molecule has 0 aromatic heterocycles. The summed E-state index contributed by atoms with van der Waals surface area (Å²) in [6.45, 7) is 5.31. The second-order valence-corrected chi connectivity index (χ2v) is 10.3. The predicted octanol–water partition coefficient (Wildman–Crippen LogP) is 2.51. The summed E-state index contributed by atoms with van der Waals surface area (Å²) in [4.78, 5) is 17.3. The van der Waals surface area contributed by atoms with Crippen LogP contribution in [0.15, 0.2) is 48.5 Å². The maximum atomic E-state index is 14.9. The predicted molar refractivity (Wildman–Crippen MR) is 141 cm³/mol. The number of hydrogen-bond donors (Lipinski definition) is 3. The zero-order valence-corrected chi connectivity index (χ0v) is 21.5. The molecule has 4 atom stereocenters. The maximum Gasteiger partial charge on any atom is 0.255 e. The molecule has 3 fully saturated rings. The Kier molecular flexibility index (Phi) is 8.68. The molecular weight excluding hydrogens is 473 g/mol. The Balaban J connectivity index is 1.05. The van der Waals surface area contributed by atoms with Gasteiger partial charge in [-0.2, -0.15) is 0 Å². The third-order valence-electron chi connectivity index (χ3n) is 7.75. The third-order valence-corrected chi connectivity index (χ3v) is 7.75. The third kappa shape index (κ3) is 6.66. The highest BCUT2D eigenvalue weighted by Crippen LogP contribution is 2.31. The molecule has 5 rings (SSSR count). The van der Waals surface area contributed by atoms with Crippen LogP contribution in [0.25, 0.3) is 0 Å². The number of carbonyl (C=O) groups excluding carboxylic acids is 1. The average molecular weight is 512 g/mol. The number of hydrogen-bond acceptors (Lipinski definition) is 7. The molecule has 37 heavy (non-hydrogen) atoms. The van der Waals surface area contributed by atoms with Crippen molar-refractivity contribution in [1.29, 1.82) is 0 Å². The molecule has 3 N–H and O–H groups in total. The maximum absolute atomic E-state index is 14.9. The van der Waals surface area contributed by atoms with Crippen molar-refractivity contribution in [2.75, 3.05) is 51.3 Å². The number of likely N-dealkylation sites (N-methyl/N-ethyl adjacent to an activating group) is 1. The number of anilines is 1. The lowest BCUT2D eigenvalue weighted by molar-refractivity contribution is -0.0239. The summed E-state index contributed by atoms with van der Waals surface area (Å²) in [5.74, 6) is -0.648. The summed E-state index contributed by atoms with van der Waals surface area (Å²) >= 11 is 0. The van der Waals surface area contributed by atoms with E-state index in [4.69, 9.17) is 9.47 Å². The van der Waals surface area contributed by atoms with Gasteiger partial charge in [-0.05, 0) is 50.1 Å². The average Bonchev–Trinajstić information content (AvgIpc) is 3.31. The first-order valence-electron chi connectivity index (χ1n) is 13.3. The van der Waals surface area contributed by atoms with E-state index in [1.165, 1.54) is 6.07 Å². The van der Waals surface area contributed by atoms with E-state index in [1.807, 2.05) is 36.4 Å². The van der Waals surface area contributed by atoms with Crippen molar-refractivity contribution in [3.63, 3.8) is 0 Å². The Morgan fingerprint density at radius 3 is 2.65 bits per heavy atom. The number of benzene rings is 2. The fraction of sp³-hybridized carbons (Fsp3) is 0.536. The van der Waals surface area contributed by atoms with Gasteiger partial charge in [0.05, 0.1) is 37.7 Å². The first-order valence-corrected chi connectivity index (χ1v) is 13.3. The SMILES string of the molecule is CN1CCN(c2ccc(C(=O)NC3NNC4CC(OCCOCc5ccccc5)CCC43)c(F)c2)CC1. The van der Waals surface area contributed by atoms with Gasteiger partial charge in [0.1, 0.15) is 5.82 Å². The van der Waals surface area contributed by atoms with Crippen LogP contribution in [0.1, 0.15) is 35.2 Å². The lowest BCUT2D eigenvalue weighted by Crippen LogP contribution is -2.47. The minimum Gasteiger partial charge on any atom is -0.376 e. The lowest BCUT2D eigenvalue weighted by atomic mass is 9.82. The van der Waals surface area contributed by atoms with Gasteiger partial charge in [0, 0.05) is 43.8 Å². The Bertz CT molecular complexity index is 1030. The molecule has 2 aromatic carbocycles. The fourth-order valence-corrected chi connectivity index (χ4v) is 5.53. The molecular formula is C28H38FN5O3. The van der Waals surface area contributed by atoms with E-state index in [0.29, 0.717) is 19.8 Å². The van der Waals surface area contributed by atoms with Crippen LogP contribution in [0.5, 0.6) is 0 Å². The highest BCUT2D eigenvalue weighted by Gasteiger charge is 2.41. The number of hydrazine groups is 1. The zero-order valence-electron chi connectivity index (χ0n) is 21.5. The molecule has 1 amide bonds. The van der Waals surface area contributed by atoms with Gasteiger partial charge in [-0.3, -0.25) is 10.2 Å². The van der Waals surface area contributed by atoms with E-state index in [9.17, 15) is 9.18 Å². The van der Waals surface area contributed by atoms with E-state index in [-0.39, 0.29) is 29.8 Å². The van der Waals surface area contributed by atoms with Gasteiger partial charge in [0.25, 0.3) is 5.91 Å². The van der Waals surface area contributed by atoms with E-state index < -0.39 is 11.7 Å². The van der Waals surface area contributed by atoms with Crippen LogP contribution in [0.3, 0.4) is 0 Å². The molecule has 0 radical (unpaired) electrons. The highest BCUT2D eigenvalue weighted by molar-refractivity contribution is 5.95. The van der Waals surface area contributed by atoms with Crippen molar-refractivity contribution in [3.05, 3.63) is 65.5 Å². The second-order valence-electron chi connectivity index (χ2n) is 10.3. The van der Waals surface area contributed by atoms with Crippen molar-refractivity contribution in [2.24, 2.45) is 5.92 Å². The van der Waals surface area contributed by atoms with Gasteiger partial charge in [-0.1, -0.05) is 30.3 Å². The standard InChI is InChI=1S/C28H38FN5O3/c1-33-11-13-34(14-12-33)21-7-9-23(25(29)17-21)28(35)30-27-24-10-8-22(18-26(24)31-32-27)37-16-15-36-19-20-5-3-2-4-6-20/h2-7,9,17,22,24,26-27,31-32H,8,10-16,18-19H2,1H3,(H,30,35). The Hall–Kier alpha value is -2.56. The van der Waals surface area contributed by atoms with Crippen LogP contribution in [0.4, 0.5) is 10.1 Å². The number of rotatable bonds is 9. The quantitative estimate of drug-likeness (QED) is 0.447. The largest absolute Gasteiger partial charge is 0.376 e. The van der Waals surface area contributed by atoms with Crippen molar-refractivity contribution < 1.29 is 18.7 Å². The molecule has 200 valence electrons.